The SMILES string of the molecule is CC(=O)c1cc(C)c(-c2cc(C)c(-c3cc(C)c(-c4cc(C)c(-c5cc(C)c(-c6cc(C)c(-c7cc(C)c(-c8cc(C)c(-c9cc(C)c(-c%10ccc(C(=O)O)c(O)c%10)cc9C)cc8C)cc7C)cc6C)cc5C)cc4C)cc3C)cc2C)cc1O. The van der Waals surface area contributed by atoms with Gasteiger partial charge in [-0.25, -0.2) is 4.79 Å². The second-order valence-corrected chi connectivity index (χ2v) is 24.6. The van der Waals surface area contributed by atoms with Gasteiger partial charge < -0.3 is 15.3 Å². The van der Waals surface area contributed by atoms with Crippen molar-refractivity contribution >= 4 is 11.8 Å². The summed E-state index contributed by atoms with van der Waals surface area (Å²) >= 11 is 0. The number of hydrogen-bond acceptors (Lipinski definition) is 4. The number of aryl methyl sites for hydroxylation is 17. The molecule has 85 heavy (non-hydrogen) atoms. The summed E-state index contributed by atoms with van der Waals surface area (Å²) in [5.74, 6) is -1.52. The van der Waals surface area contributed by atoms with Crippen LogP contribution < -0.4 is 0 Å². The van der Waals surface area contributed by atoms with Crippen molar-refractivity contribution in [2.24, 2.45) is 0 Å². The fraction of sp³-hybridized carbons (Fsp3) is 0.225. The molecule has 0 radical (unpaired) electrons. The van der Waals surface area contributed by atoms with Gasteiger partial charge in [-0.15, -0.1) is 0 Å². The van der Waals surface area contributed by atoms with Gasteiger partial charge in [0.1, 0.15) is 17.1 Å². The molecule has 0 saturated heterocycles. The van der Waals surface area contributed by atoms with Crippen molar-refractivity contribution in [3.8, 4) is 112 Å². The molecule has 0 saturated carbocycles. The predicted molar refractivity (Wildman–Crippen MR) is 356 cm³/mol. The Morgan fingerprint density at radius 1 is 0.235 bits per heavy atom. The maximum absolute atomic E-state index is 12.1. The molecular formula is C80H78O5. The van der Waals surface area contributed by atoms with Gasteiger partial charge >= 0.3 is 5.97 Å². The van der Waals surface area contributed by atoms with Crippen LogP contribution in [0.1, 0.15) is 122 Å². The van der Waals surface area contributed by atoms with Gasteiger partial charge in [-0.3, -0.25) is 4.79 Å². The Morgan fingerprint density at radius 3 is 0.612 bits per heavy atom. The van der Waals surface area contributed by atoms with Gasteiger partial charge in [0.15, 0.2) is 5.78 Å². The maximum atomic E-state index is 12.1. The second-order valence-electron chi connectivity index (χ2n) is 24.6. The van der Waals surface area contributed by atoms with E-state index < -0.39 is 5.97 Å². The van der Waals surface area contributed by atoms with E-state index in [4.69, 9.17) is 0 Å². The Bertz CT molecular complexity index is 4500. The summed E-state index contributed by atoms with van der Waals surface area (Å²) in [7, 11) is 0. The van der Waals surface area contributed by atoms with E-state index in [2.05, 4.69) is 208 Å². The van der Waals surface area contributed by atoms with Gasteiger partial charge in [0, 0.05) is 0 Å². The van der Waals surface area contributed by atoms with Crippen molar-refractivity contribution in [1.82, 2.24) is 0 Å². The summed E-state index contributed by atoms with van der Waals surface area (Å²) in [6.45, 7) is 38.7. The summed E-state index contributed by atoms with van der Waals surface area (Å²) in [6, 6.07) is 45.5. The highest BCUT2D eigenvalue weighted by Crippen LogP contribution is 2.45. The lowest BCUT2D eigenvalue weighted by molar-refractivity contribution is 0.0693. The number of carboxylic acid groups (broad SMARTS) is 1. The zero-order valence-corrected chi connectivity index (χ0v) is 52.8. The molecule has 0 aliphatic heterocycles. The fourth-order valence-electron chi connectivity index (χ4n) is 13.3. The number of rotatable bonds is 11. The quantitative estimate of drug-likeness (QED) is 0.112. The minimum absolute atomic E-state index is 0.0156. The van der Waals surface area contributed by atoms with Crippen LogP contribution in [0.5, 0.6) is 11.5 Å². The average molecular weight is 1120 g/mol. The summed E-state index contributed by atoms with van der Waals surface area (Å²) in [6.07, 6.45) is 0. The van der Waals surface area contributed by atoms with Crippen molar-refractivity contribution in [1.29, 1.82) is 0 Å². The van der Waals surface area contributed by atoms with Crippen LogP contribution in [0.2, 0.25) is 0 Å². The molecule has 0 heterocycles. The number of carbonyl (C=O) groups is 2. The first-order chi connectivity index (χ1) is 40.1. The van der Waals surface area contributed by atoms with Crippen LogP contribution in [-0.2, 0) is 0 Å². The molecule has 10 aromatic rings. The largest absolute Gasteiger partial charge is 0.507 e. The maximum Gasteiger partial charge on any atom is 0.339 e. The molecule has 0 amide bonds. The normalized spacial score (nSPS) is 11.4. The number of carboxylic acids is 1. The molecule has 0 aliphatic rings. The molecule has 0 aromatic heterocycles. The number of ketones is 1. The third-order valence-corrected chi connectivity index (χ3v) is 18.2. The lowest BCUT2D eigenvalue weighted by atomic mass is 9.83. The first-order valence-electron chi connectivity index (χ1n) is 29.5. The standard InChI is InChI=1S/C80H78O5/c1-40-22-61(41(2)21-60(40)58-19-20-59(80(84)85)78(82)38-58)62-23-43(4)63(24-42(62)3)64-25-45(6)65(26-44(64)5)66-27-47(8)67(28-46(66)7)68-29-49(10)69(30-48(68)9)70-31-51(12)71(32-50(70)11)72-33-53(14)73(34-52(72)13)74-35-55(16)75(36-54(74)15)76-39-79(83)77(57(18)81)37-56(76)17/h19-39,82-83H,1-18H3,(H,84,85). The molecule has 0 aliphatic carbocycles. The van der Waals surface area contributed by atoms with Gasteiger partial charge in [0.25, 0.3) is 0 Å². The van der Waals surface area contributed by atoms with Crippen LogP contribution in [0.25, 0.3) is 100 Å². The minimum Gasteiger partial charge on any atom is -0.507 e. The molecule has 10 rings (SSSR count). The summed E-state index contributed by atoms with van der Waals surface area (Å²) in [5.41, 5.74) is 41.3. The van der Waals surface area contributed by atoms with E-state index in [9.17, 15) is 24.9 Å². The van der Waals surface area contributed by atoms with Crippen molar-refractivity contribution in [2.45, 2.75) is 125 Å². The number of hydrogen-bond donors (Lipinski definition) is 3. The van der Waals surface area contributed by atoms with Crippen LogP contribution in [0.3, 0.4) is 0 Å². The van der Waals surface area contributed by atoms with Crippen LogP contribution in [0.15, 0.2) is 127 Å². The Kier molecular flexibility index (Phi) is 15.6. The van der Waals surface area contributed by atoms with E-state index in [1.807, 2.05) is 6.92 Å². The number of carbonyl (C=O) groups excluding carboxylic acids is 1. The van der Waals surface area contributed by atoms with Gasteiger partial charge in [-0.1, -0.05) is 103 Å². The molecule has 10 aromatic carbocycles. The van der Waals surface area contributed by atoms with E-state index in [1.165, 1.54) is 158 Å². The highest BCUT2D eigenvalue weighted by molar-refractivity contribution is 5.98. The molecule has 0 atom stereocenters. The van der Waals surface area contributed by atoms with E-state index in [-0.39, 0.29) is 22.8 Å². The molecule has 5 nitrogen and oxygen atoms in total. The Morgan fingerprint density at radius 2 is 0.412 bits per heavy atom. The highest BCUT2D eigenvalue weighted by atomic mass is 16.4. The third-order valence-electron chi connectivity index (χ3n) is 18.2. The lowest BCUT2D eigenvalue weighted by Crippen LogP contribution is -1.99. The van der Waals surface area contributed by atoms with Gasteiger partial charge in [0.05, 0.1) is 5.56 Å². The first kappa shape index (κ1) is 59.1. The molecule has 0 unspecified atom stereocenters. The number of Topliss-reactive ketones (excluding diaryl/α,β-unsaturated/α-hetero) is 1. The van der Waals surface area contributed by atoms with E-state index in [1.54, 1.807) is 18.2 Å². The van der Waals surface area contributed by atoms with Crippen LogP contribution >= 0.6 is 0 Å². The molecule has 3 N–H and O–H groups in total. The van der Waals surface area contributed by atoms with Gasteiger partial charge in [-0.05, 0) is 344 Å². The summed E-state index contributed by atoms with van der Waals surface area (Å²) < 4.78 is 0. The lowest BCUT2D eigenvalue weighted by Gasteiger charge is -2.21. The van der Waals surface area contributed by atoms with Crippen LogP contribution in [0, 0.1) is 118 Å². The number of aromatic hydroxyl groups is 2. The minimum atomic E-state index is -1.15. The van der Waals surface area contributed by atoms with Crippen molar-refractivity contribution in [3.05, 3.63) is 233 Å². The van der Waals surface area contributed by atoms with Gasteiger partial charge in [0.2, 0.25) is 0 Å². The third kappa shape index (κ3) is 10.8. The van der Waals surface area contributed by atoms with E-state index in [0.717, 1.165) is 55.6 Å². The topological polar surface area (TPSA) is 94.8 Å². The molecular weight excluding hydrogens is 1040 g/mol. The fourth-order valence-corrected chi connectivity index (χ4v) is 13.3. The zero-order valence-electron chi connectivity index (χ0n) is 52.8. The molecule has 0 bridgehead atoms. The van der Waals surface area contributed by atoms with Gasteiger partial charge in [-0.2, -0.15) is 0 Å². The number of benzene rings is 10. The van der Waals surface area contributed by atoms with Crippen LogP contribution in [0.4, 0.5) is 0 Å². The molecule has 5 heteroatoms. The van der Waals surface area contributed by atoms with E-state index in [0.29, 0.717) is 5.56 Å². The first-order valence-corrected chi connectivity index (χ1v) is 29.5. The zero-order chi connectivity index (χ0) is 61.5. The number of phenols is 2. The molecule has 0 fully saturated rings. The Hall–Kier alpha value is -9.06. The molecule has 0 spiro atoms. The smallest absolute Gasteiger partial charge is 0.339 e. The summed E-state index contributed by atoms with van der Waals surface area (Å²) in [5, 5.41) is 30.6. The second kappa shape index (κ2) is 22.5. The van der Waals surface area contributed by atoms with E-state index >= 15 is 0 Å². The summed E-state index contributed by atoms with van der Waals surface area (Å²) in [4.78, 5) is 23.7. The highest BCUT2D eigenvalue weighted by Gasteiger charge is 2.22. The van der Waals surface area contributed by atoms with Crippen molar-refractivity contribution in [3.63, 3.8) is 0 Å². The average Bonchev–Trinajstić information content (AvgIpc) is 1.62. The van der Waals surface area contributed by atoms with Crippen molar-refractivity contribution in [2.75, 3.05) is 0 Å². The monoisotopic (exact) mass is 1120 g/mol. The van der Waals surface area contributed by atoms with Crippen molar-refractivity contribution < 1.29 is 24.9 Å². The predicted octanol–water partition coefficient (Wildman–Crippen LogP) is 21.2. The number of phenolic OH excluding ortho intramolecular Hbond substituents is 1. The Balaban J connectivity index is 0.899. The van der Waals surface area contributed by atoms with Crippen LogP contribution in [-0.4, -0.2) is 27.1 Å². The number of aromatic carboxylic acids is 1. The molecule has 428 valence electrons. The Labute approximate surface area is 503 Å².